The summed E-state index contributed by atoms with van der Waals surface area (Å²) < 4.78 is 6.24. The minimum atomic E-state index is -0.912. The average molecular weight is 348 g/mol. The van der Waals surface area contributed by atoms with E-state index < -0.39 is 5.97 Å². The van der Waals surface area contributed by atoms with Crippen LogP contribution in [0.15, 0.2) is 48.5 Å². The van der Waals surface area contributed by atoms with Gasteiger partial charge in [0.25, 0.3) is 0 Å². The highest BCUT2D eigenvalue weighted by Gasteiger charge is 2.52. The van der Waals surface area contributed by atoms with Crippen LogP contribution in [0, 0.1) is 17.8 Å². The van der Waals surface area contributed by atoms with Crippen molar-refractivity contribution in [1.82, 2.24) is 0 Å². The molecule has 134 valence electrons. The third-order valence-corrected chi connectivity index (χ3v) is 6.83. The molecule has 0 aliphatic heterocycles. The summed E-state index contributed by atoms with van der Waals surface area (Å²) in [4.78, 5) is 11.0. The molecule has 4 aliphatic carbocycles. The quantitative estimate of drug-likeness (QED) is 0.777. The molecular weight excluding hydrogens is 324 g/mol. The highest BCUT2D eigenvalue weighted by atomic mass is 16.5. The van der Waals surface area contributed by atoms with Crippen molar-refractivity contribution in [2.24, 2.45) is 17.8 Å². The number of carboxylic acids is 1. The van der Waals surface area contributed by atoms with Gasteiger partial charge in [0, 0.05) is 5.56 Å². The number of benzene rings is 2. The van der Waals surface area contributed by atoms with Crippen LogP contribution in [0.4, 0.5) is 0 Å². The van der Waals surface area contributed by atoms with E-state index >= 15 is 0 Å². The van der Waals surface area contributed by atoms with Crippen LogP contribution in [0.3, 0.4) is 0 Å². The van der Waals surface area contributed by atoms with Crippen LogP contribution in [-0.4, -0.2) is 11.1 Å². The van der Waals surface area contributed by atoms with Gasteiger partial charge in [-0.05, 0) is 92.0 Å². The van der Waals surface area contributed by atoms with E-state index in [9.17, 15) is 4.79 Å². The Morgan fingerprint density at radius 1 is 0.885 bits per heavy atom. The Labute approximate surface area is 154 Å². The Kier molecular flexibility index (Phi) is 3.59. The maximum atomic E-state index is 11.0. The van der Waals surface area contributed by atoms with Crippen molar-refractivity contribution in [1.29, 1.82) is 0 Å². The lowest BCUT2D eigenvalue weighted by Gasteiger charge is -2.57. The van der Waals surface area contributed by atoms with Gasteiger partial charge in [0.05, 0.1) is 5.56 Å². The van der Waals surface area contributed by atoms with Gasteiger partial charge in [-0.3, -0.25) is 0 Å². The van der Waals surface area contributed by atoms with Gasteiger partial charge in [0.2, 0.25) is 0 Å². The lowest BCUT2D eigenvalue weighted by atomic mass is 9.48. The van der Waals surface area contributed by atoms with Crippen molar-refractivity contribution in [2.45, 2.75) is 43.9 Å². The predicted octanol–water partition coefficient (Wildman–Crippen LogP) is 5.64. The fourth-order valence-electron chi connectivity index (χ4n) is 6.23. The highest BCUT2D eigenvalue weighted by Crippen LogP contribution is 2.62. The molecule has 3 nitrogen and oxygen atoms in total. The Morgan fingerprint density at radius 2 is 1.46 bits per heavy atom. The number of aromatic carboxylic acids is 1. The van der Waals surface area contributed by atoms with E-state index in [4.69, 9.17) is 9.84 Å². The van der Waals surface area contributed by atoms with Gasteiger partial charge in [-0.1, -0.05) is 18.2 Å². The first-order valence-corrected chi connectivity index (χ1v) is 9.72. The Bertz CT molecular complexity index is 802. The number of hydrogen-bond acceptors (Lipinski definition) is 2. The summed E-state index contributed by atoms with van der Waals surface area (Å²) in [7, 11) is 0. The minimum Gasteiger partial charge on any atom is -0.478 e. The van der Waals surface area contributed by atoms with Crippen LogP contribution in [0.25, 0.3) is 0 Å². The zero-order valence-electron chi connectivity index (χ0n) is 14.9. The summed E-state index contributed by atoms with van der Waals surface area (Å²) in [5.41, 5.74) is 1.93. The van der Waals surface area contributed by atoms with Gasteiger partial charge in [0.1, 0.15) is 11.5 Å². The van der Waals surface area contributed by atoms with Gasteiger partial charge < -0.3 is 9.84 Å². The van der Waals surface area contributed by atoms with Crippen molar-refractivity contribution in [3.63, 3.8) is 0 Å². The summed E-state index contributed by atoms with van der Waals surface area (Å²) >= 11 is 0. The molecule has 2 aromatic rings. The van der Waals surface area contributed by atoms with Gasteiger partial charge >= 0.3 is 5.97 Å². The smallest absolute Gasteiger partial charge is 0.335 e. The number of hydrogen-bond donors (Lipinski definition) is 1. The second-order valence-electron chi connectivity index (χ2n) is 8.63. The molecule has 4 saturated carbocycles. The van der Waals surface area contributed by atoms with E-state index in [1.165, 1.54) is 44.1 Å². The molecule has 0 atom stereocenters. The van der Waals surface area contributed by atoms with E-state index in [-0.39, 0.29) is 11.0 Å². The monoisotopic (exact) mass is 348 g/mol. The molecule has 2 aromatic carbocycles. The van der Waals surface area contributed by atoms with Crippen molar-refractivity contribution < 1.29 is 14.6 Å². The third kappa shape index (κ3) is 2.61. The van der Waals surface area contributed by atoms with E-state index in [1.807, 2.05) is 6.07 Å². The molecule has 0 unspecified atom stereocenters. The molecule has 26 heavy (non-hydrogen) atoms. The number of carboxylic acid groups (broad SMARTS) is 1. The number of carbonyl (C=O) groups is 1. The van der Waals surface area contributed by atoms with Crippen molar-refractivity contribution in [2.75, 3.05) is 0 Å². The molecule has 0 aromatic heterocycles. The number of ether oxygens (including phenoxy) is 1. The maximum absolute atomic E-state index is 11.0. The first-order valence-electron chi connectivity index (χ1n) is 9.72. The van der Waals surface area contributed by atoms with Gasteiger partial charge in [-0.15, -0.1) is 0 Å². The summed E-state index contributed by atoms with van der Waals surface area (Å²) in [6, 6.07) is 15.2. The standard InChI is InChI=1S/C23H24O3/c24-22(25)18-5-7-19(8-6-18)26-21-4-2-1-3-20(21)23-12-15-9-16(13-23)11-17(10-15)14-23/h1-8,15-17H,9-14H2,(H,24,25). The molecule has 6 rings (SSSR count). The largest absolute Gasteiger partial charge is 0.478 e. The van der Waals surface area contributed by atoms with E-state index in [2.05, 4.69) is 18.2 Å². The second-order valence-corrected chi connectivity index (χ2v) is 8.63. The molecular formula is C23H24O3. The van der Waals surface area contributed by atoms with Crippen molar-refractivity contribution in [3.05, 3.63) is 59.7 Å². The molecule has 0 radical (unpaired) electrons. The second kappa shape index (κ2) is 5.87. The highest BCUT2D eigenvalue weighted by molar-refractivity contribution is 5.87. The molecule has 4 fully saturated rings. The zero-order valence-corrected chi connectivity index (χ0v) is 14.9. The van der Waals surface area contributed by atoms with Crippen LogP contribution in [0.1, 0.15) is 54.4 Å². The number of rotatable bonds is 4. The van der Waals surface area contributed by atoms with Gasteiger partial charge in [0.15, 0.2) is 0 Å². The van der Waals surface area contributed by atoms with Crippen molar-refractivity contribution >= 4 is 5.97 Å². The fourth-order valence-corrected chi connectivity index (χ4v) is 6.23. The summed E-state index contributed by atoms with van der Waals surface area (Å²) in [6.07, 6.45) is 8.20. The molecule has 3 heteroatoms. The predicted molar refractivity (Wildman–Crippen MR) is 99.8 cm³/mol. The first-order chi connectivity index (χ1) is 12.6. The Morgan fingerprint density at radius 3 is 2.04 bits per heavy atom. The maximum Gasteiger partial charge on any atom is 0.335 e. The normalized spacial score (nSPS) is 31.8. The van der Waals surface area contributed by atoms with Crippen molar-refractivity contribution in [3.8, 4) is 11.5 Å². The molecule has 4 bridgehead atoms. The van der Waals surface area contributed by atoms with Gasteiger partial charge in [-0.2, -0.15) is 0 Å². The molecule has 0 heterocycles. The van der Waals surface area contributed by atoms with Crippen LogP contribution in [0.2, 0.25) is 0 Å². The summed E-state index contributed by atoms with van der Waals surface area (Å²) in [5, 5.41) is 9.06. The average Bonchev–Trinajstić information content (AvgIpc) is 2.61. The summed E-state index contributed by atoms with van der Waals surface area (Å²) in [5.74, 6) is 3.41. The first kappa shape index (κ1) is 15.9. The lowest BCUT2D eigenvalue weighted by molar-refractivity contribution is -0.00598. The zero-order chi connectivity index (χ0) is 17.7. The Hall–Kier alpha value is -2.29. The van der Waals surface area contributed by atoms with Crippen LogP contribution >= 0.6 is 0 Å². The lowest BCUT2D eigenvalue weighted by Crippen LogP contribution is -2.48. The molecule has 4 aliphatic rings. The van der Waals surface area contributed by atoms with E-state index in [0.29, 0.717) is 5.75 Å². The fraction of sp³-hybridized carbons (Fsp3) is 0.435. The molecule has 0 amide bonds. The third-order valence-electron chi connectivity index (χ3n) is 6.83. The Balaban J connectivity index is 1.47. The van der Waals surface area contributed by atoms with Gasteiger partial charge in [-0.25, -0.2) is 4.79 Å². The van der Waals surface area contributed by atoms with E-state index in [1.54, 1.807) is 24.3 Å². The number of para-hydroxylation sites is 1. The van der Waals surface area contributed by atoms with Crippen LogP contribution in [0.5, 0.6) is 11.5 Å². The molecule has 0 spiro atoms. The molecule has 0 saturated heterocycles. The van der Waals surface area contributed by atoms with E-state index in [0.717, 1.165) is 23.5 Å². The SMILES string of the molecule is O=C(O)c1ccc(Oc2ccccc2C23CC4CC(CC(C4)C2)C3)cc1. The molecule has 1 N–H and O–H groups in total. The summed E-state index contributed by atoms with van der Waals surface area (Å²) in [6.45, 7) is 0. The minimum absolute atomic E-state index is 0.284. The van der Waals surface area contributed by atoms with Crippen LogP contribution < -0.4 is 4.74 Å². The van der Waals surface area contributed by atoms with Crippen LogP contribution in [-0.2, 0) is 5.41 Å². The topological polar surface area (TPSA) is 46.5 Å².